The van der Waals surface area contributed by atoms with E-state index in [-0.39, 0.29) is 12.4 Å². The van der Waals surface area contributed by atoms with E-state index < -0.39 is 11.9 Å². The fourth-order valence-corrected chi connectivity index (χ4v) is 2.36. The van der Waals surface area contributed by atoms with Gasteiger partial charge in [0.15, 0.2) is 12.4 Å². The SMILES string of the molecule is CCC(=O)c1cc(Cl)ccc1OCC(=O)Nc1ccc(C(=O)OC)cc1. The molecule has 0 aliphatic carbocycles. The van der Waals surface area contributed by atoms with Gasteiger partial charge in [0.1, 0.15) is 5.75 Å². The van der Waals surface area contributed by atoms with Gasteiger partial charge in [-0.3, -0.25) is 9.59 Å². The number of esters is 1. The predicted molar refractivity (Wildman–Crippen MR) is 98.0 cm³/mol. The highest BCUT2D eigenvalue weighted by atomic mass is 35.5. The van der Waals surface area contributed by atoms with E-state index in [0.717, 1.165) is 0 Å². The molecule has 0 saturated carbocycles. The van der Waals surface area contributed by atoms with E-state index in [1.54, 1.807) is 43.3 Å². The molecule has 136 valence electrons. The van der Waals surface area contributed by atoms with Crippen molar-refractivity contribution < 1.29 is 23.9 Å². The normalized spacial score (nSPS) is 10.1. The summed E-state index contributed by atoms with van der Waals surface area (Å²) in [7, 11) is 1.30. The lowest BCUT2D eigenvalue weighted by Crippen LogP contribution is -2.21. The van der Waals surface area contributed by atoms with Crippen LogP contribution in [0.2, 0.25) is 5.02 Å². The van der Waals surface area contributed by atoms with Crippen molar-refractivity contribution in [1.29, 1.82) is 0 Å². The molecule has 0 bridgehead atoms. The number of nitrogens with one attached hydrogen (secondary N) is 1. The van der Waals surface area contributed by atoms with Gasteiger partial charge in [-0.2, -0.15) is 0 Å². The first-order valence-corrected chi connectivity index (χ1v) is 8.26. The summed E-state index contributed by atoms with van der Waals surface area (Å²) in [5.74, 6) is -0.679. The van der Waals surface area contributed by atoms with Crippen molar-refractivity contribution >= 4 is 34.9 Å². The summed E-state index contributed by atoms with van der Waals surface area (Å²) in [5, 5.41) is 3.06. The summed E-state index contributed by atoms with van der Waals surface area (Å²) in [5.41, 5.74) is 1.23. The second kappa shape index (κ2) is 9.01. The number of ketones is 1. The second-order valence-electron chi connectivity index (χ2n) is 5.32. The van der Waals surface area contributed by atoms with E-state index in [9.17, 15) is 14.4 Å². The van der Waals surface area contributed by atoms with Crippen molar-refractivity contribution in [3.05, 3.63) is 58.6 Å². The highest BCUT2D eigenvalue weighted by molar-refractivity contribution is 6.31. The van der Waals surface area contributed by atoms with Gasteiger partial charge in [0, 0.05) is 17.1 Å². The van der Waals surface area contributed by atoms with Crippen LogP contribution in [0.15, 0.2) is 42.5 Å². The van der Waals surface area contributed by atoms with E-state index in [4.69, 9.17) is 16.3 Å². The van der Waals surface area contributed by atoms with Gasteiger partial charge in [-0.15, -0.1) is 0 Å². The number of Topliss-reactive ketones (excluding diaryl/α,β-unsaturated/α-hetero) is 1. The summed E-state index contributed by atoms with van der Waals surface area (Å²) in [6.07, 6.45) is 0.301. The quantitative estimate of drug-likeness (QED) is 0.589. The number of amides is 1. The Bertz CT molecular complexity index is 817. The first-order valence-electron chi connectivity index (χ1n) is 7.88. The Balaban J connectivity index is 1.99. The lowest BCUT2D eigenvalue weighted by Gasteiger charge is -2.11. The average molecular weight is 376 g/mol. The van der Waals surface area contributed by atoms with Crippen LogP contribution in [0.3, 0.4) is 0 Å². The number of methoxy groups -OCH3 is 1. The van der Waals surface area contributed by atoms with Crippen LogP contribution in [0, 0.1) is 0 Å². The fourth-order valence-electron chi connectivity index (χ4n) is 2.18. The molecule has 7 heteroatoms. The molecule has 0 atom stereocenters. The summed E-state index contributed by atoms with van der Waals surface area (Å²) < 4.78 is 10.1. The Morgan fingerprint density at radius 1 is 1.08 bits per heavy atom. The molecule has 1 amide bonds. The Hall–Kier alpha value is -2.86. The van der Waals surface area contributed by atoms with Crippen molar-refractivity contribution in [2.45, 2.75) is 13.3 Å². The van der Waals surface area contributed by atoms with Gasteiger partial charge in [0.05, 0.1) is 18.2 Å². The fraction of sp³-hybridized carbons (Fsp3) is 0.211. The van der Waals surface area contributed by atoms with Crippen LogP contribution in [0.4, 0.5) is 5.69 Å². The predicted octanol–water partition coefficient (Wildman–Crippen LogP) is 3.74. The largest absolute Gasteiger partial charge is 0.483 e. The van der Waals surface area contributed by atoms with Gasteiger partial charge in [0.25, 0.3) is 5.91 Å². The minimum Gasteiger partial charge on any atom is -0.483 e. The minimum absolute atomic E-state index is 0.124. The Labute approximate surface area is 156 Å². The van der Waals surface area contributed by atoms with Crippen LogP contribution < -0.4 is 10.1 Å². The van der Waals surface area contributed by atoms with Crippen LogP contribution in [-0.4, -0.2) is 31.4 Å². The maximum absolute atomic E-state index is 12.0. The second-order valence-corrected chi connectivity index (χ2v) is 5.76. The molecule has 0 aliphatic rings. The third kappa shape index (κ3) is 5.07. The van der Waals surface area contributed by atoms with E-state index in [1.807, 2.05) is 0 Å². The molecule has 2 rings (SSSR count). The topological polar surface area (TPSA) is 81.7 Å². The lowest BCUT2D eigenvalue weighted by atomic mass is 10.1. The van der Waals surface area contributed by atoms with E-state index in [1.165, 1.54) is 13.2 Å². The zero-order valence-corrected chi connectivity index (χ0v) is 15.1. The highest BCUT2D eigenvalue weighted by Gasteiger charge is 2.13. The van der Waals surface area contributed by atoms with Gasteiger partial charge >= 0.3 is 5.97 Å². The molecule has 0 spiro atoms. The van der Waals surface area contributed by atoms with Crippen LogP contribution in [-0.2, 0) is 9.53 Å². The van der Waals surface area contributed by atoms with Crippen LogP contribution in [0.5, 0.6) is 5.75 Å². The third-order valence-electron chi connectivity index (χ3n) is 3.51. The number of hydrogen-bond donors (Lipinski definition) is 1. The third-order valence-corrected chi connectivity index (χ3v) is 3.75. The molecular weight excluding hydrogens is 358 g/mol. The van der Waals surface area contributed by atoms with Crippen molar-refractivity contribution in [1.82, 2.24) is 0 Å². The van der Waals surface area contributed by atoms with Crippen LogP contribution in [0.1, 0.15) is 34.1 Å². The van der Waals surface area contributed by atoms with Crippen molar-refractivity contribution in [3.8, 4) is 5.75 Å². The molecule has 0 aromatic heterocycles. The van der Waals surface area contributed by atoms with Crippen LogP contribution in [0.25, 0.3) is 0 Å². The summed E-state index contributed by atoms with van der Waals surface area (Å²) >= 11 is 5.91. The van der Waals surface area contributed by atoms with Gasteiger partial charge in [-0.05, 0) is 42.5 Å². The Kier molecular flexibility index (Phi) is 6.74. The molecule has 0 saturated heterocycles. The molecule has 2 aromatic rings. The van der Waals surface area contributed by atoms with Crippen molar-refractivity contribution in [3.63, 3.8) is 0 Å². The molecule has 26 heavy (non-hydrogen) atoms. The lowest BCUT2D eigenvalue weighted by molar-refractivity contribution is -0.118. The number of ether oxygens (including phenoxy) is 2. The van der Waals surface area contributed by atoms with E-state index in [2.05, 4.69) is 10.1 Å². The van der Waals surface area contributed by atoms with Crippen molar-refractivity contribution in [2.75, 3.05) is 19.0 Å². The first kappa shape index (κ1) is 19.5. The molecule has 1 N–H and O–H groups in total. The molecule has 0 unspecified atom stereocenters. The standard InChI is InChI=1S/C19H18ClNO5/c1-3-16(22)15-10-13(20)6-9-17(15)26-11-18(23)21-14-7-4-12(5-8-14)19(24)25-2/h4-10H,3,11H2,1-2H3,(H,21,23). The Morgan fingerprint density at radius 3 is 2.38 bits per heavy atom. The smallest absolute Gasteiger partial charge is 0.337 e. The van der Waals surface area contributed by atoms with E-state index >= 15 is 0 Å². The monoisotopic (exact) mass is 375 g/mol. The average Bonchev–Trinajstić information content (AvgIpc) is 2.66. The first-order chi connectivity index (χ1) is 12.4. The highest BCUT2D eigenvalue weighted by Crippen LogP contribution is 2.24. The van der Waals surface area contributed by atoms with Crippen molar-refractivity contribution in [2.24, 2.45) is 0 Å². The maximum Gasteiger partial charge on any atom is 0.337 e. The van der Waals surface area contributed by atoms with E-state index in [0.29, 0.717) is 34.0 Å². The number of halogens is 1. The molecule has 0 radical (unpaired) electrons. The van der Waals surface area contributed by atoms with Gasteiger partial charge in [0.2, 0.25) is 0 Å². The van der Waals surface area contributed by atoms with Gasteiger partial charge < -0.3 is 14.8 Å². The number of anilines is 1. The number of carbonyl (C=O) groups excluding carboxylic acids is 3. The molecule has 6 nitrogen and oxygen atoms in total. The summed E-state index contributed by atoms with van der Waals surface area (Å²) in [6.45, 7) is 1.46. The maximum atomic E-state index is 12.0. The minimum atomic E-state index is -0.456. The zero-order chi connectivity index (χ0) is 19.1. The van der Waals surface area contributed by atoms with Gasteiger partial charge in [-0.25, -0.2) is 4.79 Å². The number of rotatable bonds is 7. The number of carbonyl (C=O) groups is 3. The molecule has 0 fully saturated rings. The number of hydrogen-bond acceptors (Lipinski definition) is 5. The summed E-state index contributed by atoms with van der Waals surface area (Å²) in [4.78, 5) is 35.4. The molecule has 2 aromatic carbocycles. The van der Waals surface area contributed by atoms with Gasteiger partial charge in [-0.1, -0.05) is 18.5 Å². The summed E-state index contributed by atoms with van der Waals surface area (Å²) in [6, 6.07) is 10.9. The Morgan fingerprint density at radius 2 is 1.77 bits per heavy atom. The molecule has 0 heterocycles. The molecular formula is C19H18ClNO5. The molecule has 0 aliphatic heterocycles. The zero-order valence-electron chi connectivity index (χ0n) is 14.4. The number of benzene rings is 2. The van der Waals surface area contributed by atoms with Crippen LogP contribution >= 0.6 is 11.6 Å².